The van der Waals surface area contributed by atoms with Gasteiger partial charge in [-0.25, -0.2) is 15.0 Å². The molecule has 1 aliphatic rings. The summed E-state index contributed by atoms with van der Waals surface area (Å²) in [4.78, 5) is 13.2. The Balaban J connectivity index is 0.00000300. The van der Waals surface area contributed by atoms with Crippen molar-refractivity contribution in [2.45, 2.75) is 57.4 Å². The van der Waals surface area contributed by atoms with E-state index in [1.807, 2.05) is 29.8 Å². The van der Waals surface area contributed by atoms with E-state index in [4.69, 9.17) is 4.99 Å². The molecule has 0 aliphatic heterocycles. The monoisotopic (exact) mass is 530 g/mol. The second-order valence-corrected chi connectivity index (χ2v) is 8.99. The minimum Gasteiger partial charge on any atom is -0.357 e. The zero-order valence-corrected chi connectivity index (χ0v) is 20.2. The third kappa shape index (κ3) is 7.06. The number of nitrogens with one attached hydrogen (secondary N) is 2. The van der Waals surface area contributed by atoms with Crippen molar-refractivity contribution in [1.29, 1.82) is 0 Å². The van der Waals surface area contributed by atoms with Crippen molar-refractivity contribution in [3.63, 3.8) is 0 Å². The van der Waals surface area contributed by atoms with E-state index in [0.29, 0.717) is 17.8 Å². The molecule has 3 unspecified atom stereocenters. The first kappa shape index (κ1) is 23.8. The van der Waals surface area contributed by atoms with Crippen LogP contribution < -0.4 is 10.6 Å². The molecule has 2 aromatic rings. The zero-order valence-electron chi connectivity index (χ0n) is 17.1. The summed E-state index contributed by atoms with van der Waals surface area (Å²) in [5.41, 5.74) is 1.09. The summed E-state index contributed by atoms with van der Waals surface area (Å²) in [7, 11) is -0.718. The Morgan fingerprint density at radius 2 is 2.21 bits per heavy atom. The van der Waals surface area contributed by atoms with Gasteiger partial charge in [-0.1, -0.05) is 13.3 Å². The fourth-order valence-electron chi connectivity index (χ4n) is 3.53. The smallest absolute Gasteiger partial charge is 0.191 e. The lowest BCUT2D eigenvalue weighted by molar-refractivity contribution is 0.413. The highest BCUT2D eigenvalue weighted by atomic mass is 127. The molecule has 3 atom stereocenters. The van der Waals surface area contributed by atoms with Gasteiger partial charge in [-0.15, -0.1) is 24.0 Å². The van der Waals surface area contributed by atoms with Gasteiger partial charge in [-0.05, 0) is 43.9 Å². The van der Waals surface area contributed by atoms with Crippen molar-refractivity contribution in [1.82, 2.24) is 25.2 Å². The average molecular weight is 530 g/mol. The van der Waals surface area contributed by atoms with Gasteiger partial charge in [0.15, 0.2) is 5.96 Å². The van der Waals surface area contributed by atoms with Gasteiger partial charge in [0, 0.05) is 53.0 Å². The standard InChI is InChI=1S/C20H30N6OS.HI/c1-3-22-20(25-17-6-5-7-18(13-17)28(27)4-2)24-14-16-8-9-23-19(12-16)26-11-10-21-15-26;/h8-12,15,17-18H,3-7,13-14H2,1-2H3,(H2,22,24,25);1H. The Morgan fingerprint density at radius 1 is 1.34 bits per heavy atom. The van der Waals surface area contributed by atoms with Crippen LogP contribution in [0.25, 0.3) is 5.82 Å². The molecule has 29 heavy (non-hydrogen) atoms. The van der Waals surface area contributed by atoms with Gasteiger partial charge in [-0.2, -0.15) is 0 Å². The highest BCUT2D eigenvalue weighted by Gasteiger charge is 2.26. The normalized spacial score (nSPS) is 20.6. The maximum atomic E-state index is 12.2. The molecule has 0 amide bonds. The number of halogens is 1. The molecule has 0 saturated heterocycles. The minimum absolute atomic E-state index is 0. The summed E-state index contributed by atoms with van der Waals surface area (Å²) in [6.45, 7) is 5.44. The van der Waals surface area contributed by atoms with Crippen molar-refractivity contribution >= 4 is 40.7 Å². The second-order valence-electron chi connectivity index (χ2n) is 6.99. The van der Waals surface area contributed by atoms with Gasteiger partial charge in [0.1, 0.15) is 12.1 Å². The highest BCUT2D eigenvalue weighted by Crippen LogP contribution is 2.23. The number of aliphatic imine (C=N–C) groups is 1. The van der Waals surface area contributed by atoms with E-state index in [0.717, 1.165) is 55.3 Å². The molecule has 160 valence electrons. The number of rotatable bonds is 7. The Kier molecular flexibility index (Phi) is 10.1. The van der Waals surface area contributed by atoms with Crippen LogP contribution in [-0.2, 0) is 17.3 Å². The molecule has 0 aromatic carbocycles. The van der Waals surface area contributed by atoms with Gasteiger partial charge < -0.3 is 10.6 Å². The minimum atomic E-state index is -0.718. The summed E-state index contributed by atoms with van der Waals surface area (Å²) in [5.74, 6) is 2.39. The van der Waals surface area contributed by atoms with Crippen LogP contribution >= 0.6 is 24.0 Å². The fraction of sp³-hybridized carbons (Fsp3) is 0.550. The molecule has 1 aliphatic carbocycles. The van der Waals surface area contributed by atoms with Crippen LogP contribution in [0.3, 0.4) is 0 Å². The topological polar surface area (TPSA) is 84.2 Å². The maximum Gasteiger partial charge on any atom is 0.191 e. The van der Waals surface area contributed by atoms with Gasteiger partial charge in [0.25, 0.3) is 0 Å². The van der Waals surface area contributed by atoms with Crippen LogP contribution in [0, 0.1) is 0 Å². The van der Waals surface area contributed by atoms with E-state index >= 15 is 0 Å². The van der Waals surface area contributed by atoms with E-state index < -0.39 is 10.8 Å². The Hall–Kier alpha value is -1.49. The molecular formula is C20H31IN6OS. The first-order valence-corrected chi connectivity index (χ1v) is 11.4. The maximum absolute atomic E-state index is 12.2. The highest BCUT2D eigenvalue weighted by molar-refractivity contribution is 14.0. The van der Waals surface area contributed by atoms with Crippen molar-refractivity contribution in [2.75, 3.05) is 12.3 Å². The molecule has 3 rings (SSSR count). The van der Waals surface area contributed by atoms with Crippen LogP contribution in [0.1, 0.15) is 45.1 Å². The fourth-order valence-corrected chi connectivity index (χ4v) is 4.88. The predicted octanol–water partition coefficient (Wildman–Crippen LogP) is 3.02. The van der Waals surface area contributed by atoms with Crippen molar-refractivity contribution < 1.29 is 4.21 Å². The van der Waals surface area contributed by atoms with Crippen LogP contribution in [-0.4, -0.2) is 48.3 Å². The predicted molar refractivity (Wildman–Crippen MR) is 129 cm³/mol. The second kappa shape index (κ2) is 12.3. The van der Waals surface area contributed by atoms with Crippen LogP contribution in [0.5, 0.6) is 0 Å². The lowest BCUT2D eigenvalue weighted by atomic mass is 9.95. The van der Waals surface area contributed by atoms with Crippen LogP contribution in [0.4, 0.5) is 0 Å². The molecule has 0 radical (unpaired) electrons. The number of hydrogen-bond donors (Lipinski definition) is 2. The largest absolute Gasteiger partial charge is 0.357 e. The third-order valence-electron chi connectivity index (χ3n) is 4.97. The van der Waals surface area contributed by atoms with Crippen LogP contribution in [0.2, 0.25) is 0 Å². The molecule has 2 aromatic heterocycles. The number of guanidine groups is 1. The zero-order chi connectivity index (χ0) is 19.8. The number of hydrogen-bond acceptors (Lipinski definition) is 4. The molecule has 2 N–H and O–H groups in total. The Morgan fingerprint density at radius 3 is 2.93 bits per heavy atom. The van der Waals surface area contributed by atoms with Gasteiger partial charge in [0.05, 0.1) is 6.54 Å². The summed E-state index contributed by atoms with van der Waals surface area (Å²) in [5, 5.41) is 7.19. The van der Waals surface area contributed by atoms with Gasteiger partial charge in [-0.3, -0.25) is 8.78 Å². The van der Waals surface area contributed by atoms with Crippen LogP contribution in [0.15, 0.2) is 42.0 Å². The molecule has 7 nitrogen and oxygen atoms in total. The number of pyridine rings is 1. The van der Waals surface area contributed by atoms with Gasteiger partial charge >= 0.3 is 0 Å². The molecule has 2 heterocycles. The van der Waals surface area contributed by atoms with Crippen molar-refractivity contribution in [2.24, 2.45) is 4.99 Å². The summed E-state index contributed by atoms with van der Waals surface area (Å²) in [6.07, 6.45) is 11.4. The average Bonchev–Trinajstić information content (AvgIpc) is 3.27. The Labute approximate surface area is 192 Å². The van der Waals surface area contributed by atoms with E-state index in [1.54, 1.807) is 18.7 Å². The summed E-state index contributed by atoms with van der Waals surface area (Å²) in [6, 6.07) is 4.33. The molecule has 1 fully saturated rings. The van der Waals surface area contributed by atoms with E-state index in [9.17, 15) is 4.21 Å². The number of aromatic nitrogens is 3. The lowest BCUT2D eigenvalue weighted by Crippen LogP contribution is -2.46. The first-order chi connectivity index (χ1) is 13.7. The molecule has 0 spiro atoms. The van der Waals surface area contributed by atoms with Crippen molar-refractivity contribution in [3.8, 4) is 5.82 Å². The first-order valence-electron chi connectivity index (χ1n) is 10.0. The van der Waals surface area contributed by atoms with E-state index in [1.165, 1.54) is 0 Å². The summed E-state index contributed by atoms with van der Waals surface area (Å²) < 4.78 is 14.1. The molecule has 0 bridgehead atoms. The van der Waals surface area contributed by atoms with E-state index in [-0.39, 0.29) is 24.0 Å². The van der Waals surface area contributed by atoms with Gasteiger partial charge in [0.2, 0.25) is 0 Å². The third-order valence-corrected chi connectivity index (χ3v) is 6.71. The SMILES string of the molecule is CCNC(=NCc1ccnc(-n2ccnc2)c1)NC1CCCC(S(=O)CC)C1.I. The molecule has 1 saturated carbocycles. The lowest BCUT2D eigenvalue weighted by Gasteiger charge is -2.30. The molecular weight excluding hydrogens is 499 g/mol. The summed E-state index contributed by atoms with van der Waals surface area (Å²) >= 11 is 0. The molecule has 9 heteroatoms. The number of nitrogens with zero attached hydrogens (tertiary/aromatic N) is 4. The number of imidazole rings is 1. The van der Waals surface area contributed by atoms with Crippen molar-refractivity contribution in [3.05, 3.63) is 42.6 Å². The Bertz CT molecular complexity index is 798. The van der Waals surface area contributed by atoms with E-state index in [2.05, 4.69) is 27.5 Å². The quantitative estimate of drug-likeness (QED) is 0.327.